The van der Waals surface area contributed by atoms with E-state index in [1.165, 1.54) is 0 Å². The molecule has 1 N–H and O–H groups in total. The second-order valence-corrected chi connectivity index (χ2v) is 4.65. The number of methoxy groups -OCH3 is 1. The molecule has 0 aliphatic carbocycles. The van der Waals surface area contributed by atoms with E-state index in [0.717, 1.165) is 29.8 Å². The lowest BCUT2D eigenvalue weighted by molar-refractivity contribution is 0.0780. The van der Waals surface area contributed by atoms with Gasteiger partial charge in [-0.25, -0.2) is 0 Å². The molecule has 0 aliphatic heterocycles. The fraction of sp³-hybridized carbons (Fsp3) is 0.533. The standard InChI is InChI=1S/C15H24N2O2/c1-5-16-14-11-12(2)7-8-13(14)15(18)17(3)9-6-10-19-4/h7-8,11,16H,5-6,9-10H2,1-4H3. The Bertz CT molecular complexity index is 419. The summed E-state index contributed by atoms with van der Waals surface area (Å²) in [5.74, 6) is 0.0482. The Morgan fingerprint density at radius 3 is 2.79 bits per heavy atom. The molecular formula is C15H24N2O2. The summed E-state index contributed by atoms with van der Waals surface area (Å²) in [6, 6.07) is 5.87. The van der Waals surface area contributed by atoms with Gasteiger partial charge in [0.25, 0.3) is 5.91 Å². The number of rotatable bonds is 7. The molecule has 1 rings (SSSR count). The molecule has 0 spiro atoms. The van der Waals surface area contributed by atoms with Gasteiger partial charge < -0.3 is 15.0 Å². The van der Waals surface area contributed by atoms with Gasteiger partial charge in [-0.2, -0.15) is 0 Å². The maximum Gasteiger partial charge on any atom is 0.255 e. The maximum atomic E-state index is 12.4. The zero-order chi connectivity index (χ0) is 14.3. The summed E-state index contributed by atoms with van der Waals surface area (Å²) >= 11 is 0. The number of benzene rings is 1. The Morgan fingerprint density at radius 1 is 1.42 bits per heavy atom. The van der Waals surface area contributed by atoms with Crippen molar-refractivity contribution in [2.45, 2.75) is 20.3 Å². The van der Waals surface area contributed by atoms with Crippen molar-refractivity contribution in [1.82, 2.24) is 4.90 Å². The molecule has 0 aliphatic rings. The molecule has 0 saturated carbocycles. The van der Waals surface area contributed by atoms with E-state index < -0.39 is 0 Å². The minimum Gasteiger partial charge on any atom is -0.385 e. The number of hydrogen-bond donors (Lipinski definition) is 1. The third-order valence-electron chi connectivity index (χ3n) is 2.96. The maximum absolute atomic E-state index is 12.4. The minimum atomic E-state index is 0.0482. The van der Waals surface area contributed by atoms with Crippen molar-refractivity contribution in [3.63, 3.8) is 0 Å². The molecule has 1 amide bonds. The summed E-state index contributed by atoms with van der Waals surface area (Å²) in [4.78, 5) is 14.1. The van der Waals surface area contributed by atoms with Crippen LogP contribution in [0.15, 0.2) is 18.2 Å². The number of nitrogens with one attached hydrogen (secondary N) is 1. The van der Waals surface area contributed by atoms with Crippen molar-refractivity contribution in [3.8, 4) is 0 Å². The van der Waals surface area contributed by atoms with Gasteiger partial charge in [0.05, 0.1) is 5.56 Å². The van der Waals surface area contributed by atoms with Crippen LogP contribution < -0.4 is 5.32 Å². The van der Waals surface area contributed by atoms with Crippen molar-refractivity contribution in [1.29, 1.82) is 0 Å². The van der Waals surface area contributed by atoms with Crippen LogP contribution in [0.5, 0.6) is 0 Å². The van der Waals surface area contributed by atoms with Gasteiger partial charge in [0.15, 0.2) is 0 Å². The molecule has 0 atom stereocenters. The third kappa shape index (κ3) is 4.56. The van der Waals surface area contributed by atoms with Crippen molar-refractivity contribution < 1.29 is 9.53 Å². The van der Waals surface area contributed by atoms with Crippen LogP contribution in [0.2, 0.25) is 0 Å². The highest BCUT2D eigenvalue weighted by atomic mass is 16.5. The molecular weight excluding hydrogens is 240 g/mol. The Kier molecular flexibility index (Phi) is 6.36. The molecule has 0 radical (unpaired) electrons. The zero-order valence-electron chi connectivity index (χ0n) is 12.3. The Morgan fingerprint density at radius 2 is 2.16 bits per heavy atom. The van der Waals surface area contributed by atoms with E-state index in [0.29, 0.717) is 13.2 Å². The van der Waals surface area contributed by atoms with Crippen LogP contribution in [0.4, 0.5) is 5.69 Å². The Labute approximate surface area is 115 Å². The van der Waals surface area contributed by atoms with Crippen LogP contribution in [0.1, 0.15) is 29.3 Å². The molecule has 0 fully saturated rings. The molecule has 4 heteroatoms. The molecule has 0 saturated heterocycles. The average molecular weight is 264 g/mol. The molecule has 0 heterocycles. The molecule has 4 nitrogen and oxygen atoms in total. The fourth-order valence-electron chi connectivity index (χ4n) is 1.93. The number of anilines is 1. The number of carbonyl (C=O) groups excluding carboxylic acids is 1. The molecule has 0 bridgehead atoms. The van der Waals surface area contributed by atoms with E-state index in [1.807, 2.05) is 39.1 Å². The lowest BCUT2D eigenvalue weighted by Crippen LogP contribution is -2.29. The SMILES string of the molecule is CCNc1cc(C)ccc1C(=O)N(C)CCCOC. The van der Waals surface area contributed by atoms with Crippen molar-refractivity contribution >= 4 is 11.6 Å². The average Bonchev–Trinajstić information content (AvgIpc) is 2.39. The number of nitrogens with zero attached hydrogens (tertiary/aromatic N) is 1. The number of hydrogen-bond acceptors (Lipinski definition) is 3. The van der Waals surface area contributed by atoms with Gasteiger partial charge in [-0.3, -0.25) is 4.79 Å². The van der Waals surface area contributed by atoms with Crippen LogP contribution >= 0.6 is 0 Å². The molecule has 1 aromatic rings. The summed E-state index contributed by atoms with van der Waals surface area (Å²) < 4.78 is 5.01. The van der Waals surface area contributed by atoms with Gasteiger partial charge in [-0.05, 0) is 38.0 Å². The second-order valence-electron chi connectivity index (χ2n) is 4.65. The highest BCUT2D eigenvalue weighted by molar-refractivity contribution is 5.99. The van der Waals surface area contributed by atoms with E-state index in [4.69, 9.17) is 4.74 Å². The smallest absolute Gasteiger partial charge is 0.255 e. The lowest BCUT2D eigenvalue weighted by atomic mass is 10.1. The van der Waals surface area contributed by atoms with Crippen LogP contribution in [0, 0.1) is 6.92 Å². The van der Waals surface area contributed by atoms with Gasteiger partial charge >= 0.3 is 0 Å². The van der Waals surface area contributed by atoms with Crippen LogP contribution in [-0.4, -0.2) is 44.7 Å². The van der Waals surface area contributed by atoms with E-state index in [-0.39, 0.29) is 5.91 Å². The highest BCUT2D eigenvalue weighted by Gasteiger charge is 2.15. The summed E-state index contributed by atoms with van der Waals surface area (Å²) in [7, 11) is 3.50. The van der Waals surface area contributed by atoms with Crippen LogP contribution in [0.3, 0.4) is 0 Å². The first-order chi connectivity index (χ1) is 9.10. The van der Waals surface area contributed by atoms with E-state index in [2.05, 4.69) is 5.32 Å². The first-order valence-corrected chi connectivity index (χ1v) is 6.69. The Hall–Kier alpha value is -1.55. The van der Waals surface area contributed by atoms with E-state index in [9.17, 15) is 4.79 Å². The van der Waals surface area contributed by atoms with E-state index in [1.54, 1.807) is 12.0 Å². The first-order valence-electron chi connectivity index (χ1n) is 6.69. The largest absolute Gasteiger partial charge is 0.385 e. The van der Waals surface area contributed by atoms with Gasteiger partial charge in [0, 0.05) is 39.5 Å². The van der Waals surface area contributed by atoms with Crippen LogP contribution in [0.25, 0.3) is 0 Å². The molecule has 1 aromatic carbocycles. The summed E-state index contributed by atoms with van der Waals surface area (Å²) in [6.07, 6.45) is 0.848. The minimum absolute atomic E-state index is 0.0482. The molecule has 19 heavy (non-hydrogen) atoms. The second kappa shape index (κ2) is 7.79. The molecule has 106 valence electrons. The number of carbonyl (C=O) groups is 1. The highest BCUT2D eigenvalue weighted by Crippen LogP contribution is 2.19. The number of amides is 1. The van der Waals surface area contributed by atoms with E-state index >= 15 is 0 Å². The molecule has 0 aromatic heterocycles. The van der Waals surface area contributed by atoms with Gasteiger partial charge in [-0.1, -0.05) is 6.07 Å². The zero-order valence-corrected chi connectivity index (χ0v) is 12.3. The van der Waals surface area contributed by atoms with Crippen molar-refractivity contribution in [2.24, 2.45) is 0 Å². The summed E-state index contributed by atoms with van der Waals surface area (Å²) in [5, 5.41) is 3.25. The van der Waals surface area contributed by atoms with Crippen molar-refractivity contribution in [3.05, 3.63) is 29.3 Å². The summed E-state index contributed by atoms with van der Waals surface area (Å²) in [5.41, 5.74) is 2.79. The predicted octanol–water partition coefficient (Wildman–Crippen LogP) is 2.54. The van der Waals surface area contributed by atoms with Crippen LogP contribution in [-0.2, 0) is 4.74 Å². The van der Waals surface area contributed by atoms with Gasteiger partial charge in [0.2, 0.25) is 0 Å². The van der Waals surface area contributed by atoms with Crippen molar-refractivity contribution in [2.75, 3.05) is 39.2 Å². The third-order valence-corrected chi connectivity index (χ3v) is 2.96. The lowest BCUT2D eigenvalue weighted by Gasteiger charge is -2.19. The predicted molar refractivity (Wildman–Crippen MR) is 78.8 cm³/mol. The first kappa shape index (κ1) is 15.5. The monoisotopic (exact) mass is 264 g/mol. The number of aryl methyl sites for hydroxylation is 1. The van der Waals surface area contributed by atoms with Gasteiger partial charge in [-0.15, -0.1) is 0 Å². The number of ether oxygens (including phenoxy) is 1. The Balaban J connectivity index is 2.80. The normalized spacial score (nSPS) is 10.3. The van der Waals surface area contributed by atoms with Gasteiger partial charge in [0.1, 0.15) is 0 Å². The summed E-state index contributed by atoms with van der Waals surface area (Å²) in [6.45, 7) is 6.23. The molecule has 0 unspecified atom stereocenters. The quantitative estimate of drug-likeness (QED) is 0.769. The topological polar surface area (TPSA) is 41.6 Å². The fourth-order valence-corrected chi connectivity index (χ4v) is 1.93.